The number of nitrogens with one attached hydrogen (secondary N) is 1. The van der Waals surface area contributed by atoms with Crippen LogP contribution < -0.4 is 10.2 Å². The van der Waals surface area contributed by atoms with Crippen molar-refractivity contribution in [3.63, 3.8) is 0 Å². The number of hydrogen-bond acceptors (Lipinski definition) is 8. The third-order valence-electron chi connectivity index (χ3n) is 5.65. The second-order valence-corrected chi connectivity index (χ2v) is 9.37. The van der Waals surface area contributed by atoms with Crippen LogP contribution in [-0.4, -0.2) is 80.2 Å². The molecule has 1 N–H and O–H groups in total. The number of carbonyl (C=O) groups is 2. The van der Waals surface area contributed by atoms with E-state index in [1.165, 1.54) is 17.0 Å². The minimum Gasteiger partial charge on any atom is -0.384 e. The van der Waals surface area contributed by atoms with E-state index >= 15 is 0 Å². The SMILES string of the molecule is CN(C)CCNc1cc(C(=O)C=O)c2sc(CN3CCN(c4ccccc4)CC3)nc2c1. The normalized spacial score (nSPS) is 14.8. The first kappa shape index (κ1) is 22.4. The van der Waals surface area contributed by atoms with Gasteiger partial charge in [-0.05, 0) is 38.4 Å². The van der Waals surface area contributed by atoms with Gasteiger partial charge >= 0.3 is 0 Å². The van der Waals surface area contributed by atoms with E-state index in [0.29, 0.717) is 11.8 Å². The highest BCUT2D eigenvalue weighted by atomic mass is 32.1. The molecule has 8 heteroatoms. The summed E-state index contributed by atoms with van der Waals surface area (Å²) in [6.45, 7) is 6.24. The van der Waals surface area contributed by atoms with Gasteiger partial charge in [0.2, 0.25) is 5.78 Å². The summed E-state index contributed by atoms with van der Waals surface area (Å²) in [5.74, 6) is -0.502. The second-order valence-electron chi connectivity index (χ2n) is 8.29. The molecule has 0 unspecified atom stereocenters. The molecule has 7 nitrogen and oxygen atoms in total. The molecule has 0 amide bonds. The number of aromatic nitrogens is 1. The molecule has 0 atom stereocenters. The zero-order valence-corrected chi connectivity index (χ0v) is 19.4. The van der Waals surface area contributed by atoms with Crippen molar-refractivity contribution in [2.45, 2.75) is 6.54 Å². The van der Waals surface area contributed by atoms with E-state index in [0.717, 1.165) is 66.7 Å². The summed E-state index contributed by atoms with van der Waals surface area (Å²) < 4.78 is 0.790. The van der Waals surface area contributed by atoms with Crippen molar-refractivity contribution in [3.05, 3.63) is 53.0 Å². The number of benzene rings is 2. The molecule has 1 saturated heterocycles. The summed E-state index contributed by atoms with van der Waals surface area (Å²) in [6.07, 6.45) is 0.389. The fourth-order valence-corrected chi connectivity index (χ4v) is 5.02. The van der Waals surface area contributed by atoms with E-state index < -0.39 is 5.78 Å². The Hall–Kier alpha value is -2.81. The van der Waals surface area contributed by atoms with Gasteiger partial charge in [-0.15, -0.1) is 11.3 Å². The largest absolute Gasteiger partial charge is 0.384 e. The molecular weight excluding hydrogens is 422 g/mol. The first-order valence-corrected chi connectivity index (χ1v) is 11.7. The Morgan fingerprint density at radius 3 is 2.59 bits per heavy atom. The molecule has 3 aromatic rings. The van der Waals surface area contributed by atoms with E-state index in [2.05, 4.69) is 44.3 Å². The van der Waals surface area contributed by atoms with E-state index in [1.807, 2.05) is 26.2 Å². The molecule has 0 spiro atoms. The van der Waals surface area contributed by atoms with Crippen molar-refractivity contribution in [2.24, 2.45) is 0 Å². The standard InChI is InChI=1S/C24H29N5O2S/c1-27(2)9-8-25-18-14-20(22(31)17-30)24-21(15-18)26-23(32-24)16-28-10-12-29(13-11-28)19-6-4-3-5-7-19/h3-7,14-15,17,25H,8-13,16H2,1-2H3. The topological polar surface area (TPSA) is 68.8 Å². The number of hydrogen-bond donors (Lipinski definition) is 1. The van der Waals surface area contributed by atoms with Crippen LogP contribution in [0.3, 0.4) is 0 Å². The van der Waals surface area contributed by atoms with E-state index in [9.17, 15) is 9.59 Å². The van der Waals surface area contributed by atoms with Gasteiger partial charge in [0.1, 0.15) is 5.01 Å². The number of rotatable bonds is 9. The summed E-state index contributed by atoms with van der Waals surface area (Å²) in [6, 6.07) is 14.2. The van der Waals surface area contributed by atoms with Crippen LogP contribution in [0.25, 0.3) is 10.2 Å². The number of aldehydes is 1. The highest BCUT2D eigenvalue weighted by Gasteiger charge is 2.20. The Kier molecular flexibility index (Phi) is 7.14. The van der Waals surface area contributed by atoms with E-state index in [4.69, 9.17) is 4.98 Å². The third-order valence-corrected chi connectivity index (χ3v) is 6.74. The summed E-state index contributed by atoms with van der Waals surface area (Å²) >= 11 is 1.51. The Morgan fingerprint density at radius 2 is 1.91 bits per heavy atom. The van der Waals surface area contributed by atoms with E-state index in [1.54, 1.807) is 6.07 Å². The Morgan fingerprint density at radius 1 is 1.16 bits per heavy atom. The number of anilines is 2. The molecule has 1 aromatic heterocycles. The molecule has 1 aliphatic rings. The number of para-hydroxylation sites is 1. The van der Waals surface area contributed by atoms with Crippen LogP contribution >= 0.6 is 11.3 Å². The average molecular weight is 452 g/mol. The predicted molar refractivity (Wildman–Crippen MR) is 131 cm³/mol. The van der Waals surface area contributed by atoms with Gasteiger partial charge in [0.25, 0.3) is 0 Å². The maximum Gasteiger partial charge on any atom is 0.226 e. The molecule has 2 aromatic carbocycles. The zero-order chi connectivity index (χ0) is 22.5. The lowest BCUT2D eigenvalue weighted by Crippen LogP contribution is -2.45. The lowest BCUT2D eigenvalue weighted by atomic mass is 10.1. The van der Waals surface area contributed by atoms with Crippen molar-refractivity contribution < 1.29 is 9.59 Å². The number of ketones is 1. The molecule has 32 heavy (non-hydrogen) atoms. The van der Waals surface area contributed by atoms with Gasteiger partial charge < -0.3 is 15.1 Å². The molecule has 0 bridgehead atoms. The first-order valence-electron chi connectivity index (χ1n) is 10.9. The molecule has 1 fully saturated rings. The predicted octanol–water partition coefficient (Wildman–Crippen LogP) is 2.97. The summed E-state index contributed by atoms with van der Waals surface area (Å²) in [5, 5.41) is 4.31. The number of thiazole rings is 1. The van der Waals surface area contributed by atoms with Crippen LogP contribution in [0.4, 0.5) is 11.4 Å². The van der Waals surface area contributed by atoms with Crippen LogP contribution in [-0.2, 0) is 11.3 Å². The van der Waals surface area contributed by atoms with Crippen LogP contribution in [0, 0.1) is 0 Å². The van der Waals surface area contributed by atoms with Gasteiger partial charge in [-0.2, -0.15) is 0 Å². The Labute approximate surface area is 192 Å². The Bertz CT molecular complexity index is 1070. The van der Waals surface area contributed by atoms with Gasteiger partial charge in [-0.3, -0.25) is 14.5 Å². The van der Waals surface area contributed by atoms with E-state index in [-0.39, 0.29) is 0 Å². The molecule has 168 valence electrons. The van der Waals surface area contributed by atoms with Gasteiger partial charge in [0, 0.05) is 56.2 Å². The fourth-order valence-electron chi connectivity index (χ4n) is 3.91. The summed E-state index contributed by atoms with van der Waals surface area (Å²) in [7, 11) is 4.02. The molecule has 0 radical (unpaired) electrons. The number of Topliss-reactive ketones (excluding diaryl/α,β-unsaturated/α-hetero) is 1. The number of fused-ring (bicyclic) bond motifs is 1. The van der Waals surface area contributed by atoms with Crippen molar-refractivity contribution in [1.29, 1.82) is 0 Å². The molecular formula is C24H29N5O2S. The minimum atomic E-state index is -0.502. The third kappa shape index (κ3) is 5.32. The zero-order valence-electron chi connectivity index (χ0n) is 18.6. The van der Waals surface area contributed by atoms with Crippen LogP contribution in [0.5, 0.6) is 0 Å². The summed E-state index contributed by atoms with van der Waals surface area (Å²) in [4.78, 5) is 35.2. The van der Waals surface area contributed by atoms with Crippen molar-refractivity contribution >= 4 is 45.0 Å². The van der Waals surface area contributed by atoms with Crippen molar-refractivity contribution in [3.8, 4) is 0 Å². The van der Waals surface area contributed by atoms with Crippen molar-refractivity contribution in [2.75, 3.05) is 63.6 Å². The molecule has 2 heterocycles. The van der Waals surface area contributed by atoms with Gasteiger partial charge in [-0.1, -0.05) is 18.2 Å². The Balaban J connectivity index is 1.47. The lowest BCUT2D eigenvalue weighted by molar-refractivity contribution is -0.104. The lowest BCUT2D eigenvalue weighted by Gasteiger charge is -2.35. The molecule has 0 saturated carbocycles. The number of piperazine rings is 1. The van der Waals surface area contributed by atoms with Crippen LogP contribution in [0.2, 0.25) is 0 Å². The molecule has 1 aliphatic heterocycles. The highest BCUT2D eigenvalue weighted by molar-refractivity contribution is 7.19. The van der Waals surface area contributed by atoms with Crippen LogP contribution in [0.15, 0.2) is 42.5 Å². The molecule has 4 rings (SSSR count). The van der Waals surface area contributed by atoms with Crippen LogP contribution in [0.1, 0.15) is 15.4 Å². The van der Waals surface area contributed by atoms with Crippen molar-refractivity contribution in [1.82, 2.24) is 14.8 Å². The molecule has 0 aliphatic carbocycles. The highest BCUT2D eigenvalue weighted by Crippen LogP contribution is 2.30. The number of nitrogens with zero attached hydrogens (tertiary/aromatic N) is 4. The minimum absolute atomic E-state index is 0.389. The average Bonchev–Trinajstić information content (AvgIpc) is 3.21. The number of likely N-dealkylation sites (N-methyl/N-ethyl adjacent to an activating group) is 1. The second kappa shape index (κ2) is 10.2. The number of carbonyl (C=O) groups excluding carboxylic acids is 2. The summed E-state index contributed by atoms with van der Waals surface area (Å²) in [5.41, 5.74) is 3.28. The monoisotopic (exact) mass is 451 g/mol. The smallest absolute Gasteiger partial charge is 0.226 e. The first-order chi connectivity index (χ1) is 15.5. The van der Waals surface area contributed by atoms with Gasteiger partial charge in [-0.25, -0.2) is 4.98 Å². The van der Waals surface area contributed by atoms with Gasteiger partial charge in [0.15, 0.2) is 6.29 Å². The van der Waals surface area contributed by atoms with Gasteiger partial charge in [0.05, 0.1) is 16.8 Å². The fraction of sp³-hybridized carbons (Fsp3) is 0.375. The maximum atomic E-state index is 12.3. The quantitative estimate of drug-likeness (QED) is 0.305. The maximum absolute atomic E-state index is 12.3.